The zero-order valence-corrected chi connectivity index (χ0v) is 16.8. The maximum Gasteiger partial charge on any atom is 0.243 e. The van der Waals surface area contributed by atoms with Crippen molar-refractivity contribution in [1.29, 1.82) is 5.26 Å². The van der Waals surface area contributed by atoms with Crippen LogP contribution in [0.15, 0.2) is 53.4 Å². The summed E-state index contributed by atoms with van der Waals surface area (Å²) in [5.41, 5.74) is 1.65. The number of sulfonamides is 1. The third-order valence-electron chi connectivity index (χ3n) is 5.94. The van der Waals surface area contributed by atoms with E-state index in [-0.39, 0.29) is 16.9 Å². The Labute approximate surface area is 166 Å². The first kappa shape index (κ1) is 18.9. The molecule has 2 saturated heterocycles. The molecule has 2 aromatic carbocycles. The first-order valence-corrected chi connectivity index (χ1v) is 10.7. The highest BCUT2D eigenvalue weighted by Crippen LogP contribution is 2.45. The molecule has 28 heavy (non-hydrogen) atoms. The van der Waals surface area contributed by atoms with Gasteiger partial charge >= 0.3 is 0 Å². The number of likely N-dealkylation sites (tertiary alicyclic amines) is 1. The minimum Gasteiger partial charge on any atom is -0.497 e. The van der Waals surface area contributed by atoms with Crippen LogP contribution in [0.4, 0.5) is 0 Å². The molecule has 0 amide bonds. The molecule has 0 spiro atoms. The molecule has 0 N–H and O–H groups in total. The fraction of sp³-hybridized carbons (Fsp3) is 0.381. The van der Waals surface area contributed by atoms with Crippen molar-refractivity contribution in [3.8, 4) is 11.8 Å². The highest BCUT2D eigenvalue weighted by molar-refractivity contribution is 7.89. The first-order valence-electron chi connectivity index (χ1n) is 9.28. The number of methoxy groups -OCH3 is 1. The molecule has 3 atom stereocenters. The maximum atomic E-state index is 13.1. The minimum atomic E-state index is -3.55. The van der Waals surface area contributed by atoms with Gasteiger partial charge in [0.15, 0.2) is 0 Å². The lowest BCUT2D eigenvalue weighted by atomic mass is 9.89. The molecule has 0 bridgehead atoms. The van der Waals surface area contributed by atoms with Crippen molar-refractivity contribution in [2.75, 3.05) is 33.8 Å². The smallest absolute Gasteiger partial charge is 0.243 e. The van der Waals surface area contributed by atoms with Crippen LogP contribution in [-0.4, -0.2) is 51.4 Å². The molecular formula is C21H23N3O3S. The quantitative estimate of drug-likeness (QED) is 0.793. The van der Waals surface area contributed by atoms with E-state index < -0.39 is 10.0 Å². The summed E-state index contributed by atoms with van der Waals surface area (Å²) in [7, 11) is 0.198. The van der Waals surface area contributed by atoms with Crippen LogP contribution in [0.3, 0.4) is 0 Å². The second kappa shape index (κ2) is 7.21. The molecule has 0 saturated carbocycles. The van der Waals surface area contributed by atoms with Gasteiger partial charge in [-0.25, -0.2) is 8.42 Å². The van der Waals surface area contributed by atoms with Crippen molar-refractivity contribution < 1.29 is 13.2 Å². The fourth-order valence-corrected chi connectivity index (χ4v) is 6.10. The summed E-state index contributed by atoms with van der Waals surface area (Å²) in [5.74, 6) is 1.38. The number of nitriles is 1. The van der Waals surface area contributed by atoms with E-state index in [1.54, 1.807) is 23.5 Å². The Morgan fingerprint density at radius 3 is 2.32 bits per heavy atom. The molecule has 7 heteroatoms. The zero-order chi connectivity index (χ0) is 19.9. The van der Waals surface area contributed by atoms with Gasteiger partial charge in [0.05, 0.1) is 23.6 Å². The van der Waals surface area contributed by atoms with E-state index in [1.165, 1.54) is 17.7 Å². The van der Waals surface area contributed by atoms with E-state index in [1.807, 2.05) is 18.2 Å². The van der Waals surface area contributed by atoms with Crippen LogP contribution >= 0.6 is 0 Å². The molecule has 2 fully saturated rings. The third-order valence-corrected chi connectivity index (χ3v) is 7.79. The molecule has 6 nitrogen and oxygen atoms in total. The molecule has 4 rings (SSSR count). The summed E-state index contributed by atoms with van der Waals surface area (Å²) < 4.78 is 33.0. The van der Waals surface area contributed by atoms with Gasteiger partial charge in [0.25, 0.3) is 0 Å². The Kier molecular flexibility index (Phi) is 4.88. The van der Waals surface area contributed by atoms with Gasteiger partial charge in [-0.05, 0) is 60.8 Å². The van der Waals surface area contributed by atoms with Crippen LogP contribution in [0.25, 0.3) is 0 Å². The number of rotatable bonds is 4. The van der Waals surface area contributed by atoms with Crippen LogP contribution in [0.5, 0.6) is 5.75 Å². The minimum absolute atomic E-state index is 0.192. The van der Waals surface area contributed by atoms with Gasteiger partial charge in [0.2, 0.25) is 10.0 Å². The molecule has 0 aromatic heterocycles. The van der Waals surface area contributed by atoms with Crippen LogP contribution < -0.4 is 4.74 Å². The zero-order valence-electron chi connectivity index (χ0n) is 15.9. The second-order valence-corrected chi connectivity index (χ2v) is 9.48. The topological polar surface area (TPSA) is 73.6 Å². The first-order chi connectivity index (χ1) is 13.4. The standard InChI is InChI=1S/C21H23N3O3S/c1-23-12-17-13-24(28(25,26)19-9-3-15(11-22)4-10-19)14-20(17)21(23)16-5-7-18(27-2)8-6-16/h3-10,17,20-21H,12-14H2,1-2H3/t17-,20+,21+/m0/s1. The number of ether oxygens (including phenoxy) is 1. The van der Waals surface area contributed by atoms with E-state index in [0.717, 1.165) is 12.3 Å². The molecular weight excluding hydrogens is 374 g/mol. The van der Waals surface area contributed by atoms with Crippen LogP contribution in [0, 0.1) is 23.2 Å². The van der Waals surface area contributed by atoms with Gasteiger partial charge in [-0.3, -0.25) is 4.90 Å². The van der Waals surface area contributed by atoms with E-state index in [4.69, 9.17) is 10.00 Å². The van der Waals surface area contributed by atoms with E-state index in [2.05, 4.69) is 24.1 Å². The second-order valence-electron chi connectivity index (χ2n) is 7.54. The van der Waals surface area contributed by atoms with Crippen LogP contribution in [0.2, 0.25) is 0 Å². The van der Waals surface area contributed by atoms with Crippen molar-refractivity contribution in [2.45, 2.75) is 10.9 Å². The number of hydrogen-bond donors (Lipinski definition) is 0. The van der Waals surface area contributed by atoms with Gasteiger partial charge in [-0.1, -0.05) is 12.1 Å². The summed E-state index contributed by atoms with van der Waals surface area (Å²) in [6.07, 6.45) is 0. The number of fused-ring (bicyclic) bond motifs is 1. The summed E-state index contributed by atoms with van der Waals surface area (Å²) in [4.78, 5) is 2.57. The molecule has 0 unspecified atom stereocenters. The fourth-order valence-electron chi connectivity index (χ4n) is 4.57. The Bertz CT molecular complexity index is 997. The molecule has 2 heterocycles. The molecule has 2 aliphatic heterocycles. The van der Waals surface area contributed by atoms with E-state index in [9.17, 15) is 8.42 Å². The van der Waals surface area contributed by atoms with Crippen LogP contribution in [0.1, 0.15) is 17.2 Å². The lowest BCUT2D eigenvalue weighted by molar-refractivity contribution is 0.261. The van der Waals surface area contributed by atoms with Gasteiger partial charge in [0, 0.05) is 25.7 Å². The Hall–Kier alpha value is -2.40. The van der Waals surface area contributed by atoms with E-state index in [0.29, 0.717) is 24.6 Å². The van der Waals surface area contributed by atoms with Crippen molar-refractivity contribution in [3.63, 3.8) is 0 Å². The van der Waals surface area contributed by atoms with Crippen molar-refractivity contribution in [3.05, 3.63) is 59.7 Å². The van der Waals surface area contributed by atoms with Gasteiger partial charge in [0.1, 0.15) is 5.75 Å². The monoisotopic (exact) mass is 397 g/mol. The van der Waals surface area contributed by atoms with Crippen LogP contribution in [-0.2, 0) is 10.0 Å². The van der Waals surface area contributed by atoms with Crippen molar-refractivity contribution >= 4 is 10.0 Å². The SMILES string of the molecule is COc1ccc([C@@H]2[C@@H]3CN(S(=O)(=O)c4ccc(C#N)cc4)C[C@@H]3CN2C)cc1. The molecule has 0 aliphatic carbocycles. The largest absolute Gasteiger partial charge is 0.497 e. The summed E-state index contributed by atoms with van der Waals surface area (Å²) >= 11 is 0. The van der Waals surface area contributed by atoms with Crippen molar-refractivity contribution in [2.24, 2.45) is 11.8 Å². The Balaban J connectivity index is 1.57. The normalized spacial score (nSPS) is 25.4. The Morgan fingerprint density at radius 2 is 1.71 bits per heavy atom. The maximum absolute atomic E-state index is 13.1. The summed E-state index contributed by atoms with van der Waals surface area (Å²) in [5, 5.41) is 8.92. The van der Waals surface area contributed by atoms with Gasteiger partial charge in [-0.2, -0.15) is 9.57 Å². The van der Waals surface area contributed by atoms with Crippen molar-refractivity contribution in [1.82, 2.24) is 9.21 Å². The predicted molar refractivity (Wildman–Crippen MR) is 105 cm³/mol. The summed E-state index contributed by atoms with van der Waals surface area (Å²) in [6, 6.07) is 16.4. The molecule has 2 aromatic rings. The average Bonchev–Trinajstić information content (AvgIpc) is 3.25. The van der Waals surface area contributed by atoms with Gasteiger partial charge < -0.3 is 4.74 Å². The lowest BCUT2D eigenvalue weighted by Gasteiger charge is -2.26. The lowest BCUT2D eigenvalue weighted by Crippen LogP contribution is -2.33. The average molecular weight is 398 g/mol. The molecule has 2 aliphatic rings. The van der Waals surface area contributed by atoms with Gasteiger partial charge in [-0.15, -0.1) is 0 Å². The highest BCUT2D eigenvalue weighted by Gasteiger charge is 2.49. The third kappa shape index (κ3) is 3.18. The predicted octanol–water partition coefficient (Wildman–Crippen LogP) is 2.49. The molecule has 146 valence electrons. The van der Waals surface area contributed by atoms with E-state index >= 15 is 0 Å². The summed E-state index contributed by atoms with van der Waals surface area (Å²) in [6.45, 7) is 1.92. The Morgan fingerprint density at radius 1 is 1.04 bits per heavy atom. The highest BCUT2D eigenvalue weighted by atomic mass is 32.2. The number of benzene rings is 2. The number of nitrogens with zero attached hydrogens (tertiary/aromatic N) is 3. The number of hydrogen-bond acceptors (Lipinski definition) is 5. The molecule has 0 radical (unpaired) electrons.